The largest absolute Gasteiger partial charge is 0.382 e. The highest BCUT2D eigenvalue weighted by molar-refractivity contribution is 5.95. The van der Waals surface area contributed by atoms with Crippen molar-refractivity contribution in [2.24, 2.45) is 0 Å². The molecular formula is C14H24N2O4. The lowest BCUT2D eigenvalue weighted by Gasteiger charge is -2.36. The molecule has 0 N–H and O–H groups in total. The van der Waals surface area contributed by atoms with E-state index in [2.05, 4.69) is 0 Å². The van der Waals surface area contributed by atoms with E-state index >= 15 is 0 Å². The number of methoxy groups -OCH3 is 1. The van der Waals surface area contributed by atoms with Gasteiger partial charge < -0.3 is 19.3 Å². The van der Waals surface area contributed by atoms with Gasteiger partial charge in [0.2, 0.25) is 11.8 Å². The maximum Gasteiger partial charge on any atom is 0.245 e. The summed E-state index contributed by atoms with van der Waals surface area (Å²) in [5, 5.41) is 0. The van der Waals surface area contributed by atoms with E-state index in [0.717, 1.165) is 32.2 Å². The molecule has 1 unspecified atom stereocenters. The van der Waals surface area contributed by atoms with Crippen LogP contribution in [0.15, 0.2) is 0 Å². The van der Waals surface area contributed by atoms with Crippen LogP contribution in [-0.4, -0.2) is 74.2 Å². The van der Waals surface area contributed by atoms with Gasteiger partial charge in [0.1, 0.15) is 6.04 Å². The first-order valence-electron chi connectivity index (χ1n) is 7.39. The molecule has 2 saturated heterocycles. The third-order valence-corrected chi connectivity index (χ3v) is 3.89. The Balaban J connectivity index is 1.65. The molecule has 6 heteroatoms. The first kappa shape index (κ1) is 15.3. The Kier molecular flexibility index (Phi) is 5.79. The van der Waals surface area contributed by atoms with Gasteiger partial charge in [-0.3, -0.25) is 9.59 Å². The van der Waals surface area contributed by atoms with Crippen LogP contribution in [-0.2, 0) is 19.1 Å². The van der Waals surface area contributed by atoms with Crippen LogP contribution in [0.2, 0.25) is 0 Å². The molecule has 2 amide bonds. The number of ether oxygens (including phenoxy) is 2. The highest BCUT2D eigenvalue weighted by atomic mass is 16.5. The Morgan fingerprint density at radius 2 is 2.05 bits per heavy atom. The SMILES string of the molecule is COCCOCCCCN1CC(=O)N2CCCC2C1=O. The third-order valence-electron chi connectivity index (χ3n) is 3.89. The predicted octanol–water partition coefficient (Wildman–Crippen LogP) is 0.263. The van der Waals surface area contributed by atoms with E-state index in [9.17, 15) is 9.59 Å². The lowest BCUT2D eigenvalue weighted by atomic mass is 10.1. The molecule has 6 nitrogen and oxygen atoms in total. The topological polar surface area (TPSA) is 59.1 Å². The number of unbranched alkanes of at least 4 members (excludes halogenated alkanes) is 1. The second-order valence-corrected chi connectivity index (χ2v) is 5.32. The minimum Gasteiger partial charge on any atom is -0.382 e. The molecule has 2 aliphatic heterocycles. The van der Waals surface area contributed by atoms with Crippen molar-refractivity contribution >= 4 is 11.8 Å². The number of nitrogens with zero attached hydrogens (tertiary/aromatic N) is 2. The molecule has 0 saturated carbocycles. The number of carbonyl (C=O) groups excluding carboxylic acids is 2. The summed E-state index contributed by atoms with van der Waals surface area (Å²) in [7, 11) is 1.65. The molecular weight excluding hydrogens is 260 g/mol. The van der Waals surface area contributed by atoms with Crippen molar-refractivity contribution < 1.29 is 19.1 Å². The van der Waals surface area contributed by atoms with Crippen molar-refractivity contribution in [1.29, 1.82) is 0 Å². The number of hydrogen-bond acceptors (Lipinski definition) is 4. The molecule has 0 aromatic heterocycles. The van der Waals surface area contributed by atoms with Crippen LogP contribution in [0.1, 0.15) is 25.7 Å². The van der Waals surface area contributed by atoms with E-state index in [1.165, 1.54) is 0 Å². The van der Waals surface area contributed by atoms with E-state index in [0.29, 0.717) is 26.4 Å². The molecule has 2 rings (SSSR count). The summed E-state index contributed by atoms with van der Waals surface area (Å²) in [6.45, 7) is 3.54. The summed E-state index contributed by atoms with van der Waals surface area (Å²) in [5.74, 6) is 0.228. The summed E-state index contributed by atoms with van der Waals surface area (Å²) < 4.78 is 10.3. The fraction of sp³-hybridized carbons (Fsp3) is 0.857. The second-order valence-electron chi connectivity index (χ2n) is 5.32. The molecule has 2 fully saturated rings. The monoisotopic (exact) mass is 284 g/mol. The van der Waals surface area contributed by atoms with Gasteiger partial charge in [-0.05, 0) is 25.7 Å². The molecule has 2 aliphatic rings. The van der Waals surface area contributed by atoms with Crippen molar-refractivity contribution in [3.63, 3.8) is 0 Å². The van der Waals surface area contributed by atoms with Crippen LogP contribution >= 0.6 is 0 Å². The first-order valence-corrected chi connectivity index (χ1v) is 7.39. The van der Waals surface area contributed by atoms with Gasteiger partial charge in [0.15, 0.2) is 0 Å². The Morgan fingerprint density at radius 3 is 2.85 bits per heavy atom. The zero-order chi connectivity index (χ0) is 14.4. The van der Waals surface area contributed by atoms with Gasteiger partial charge in [-0.15, -0.1) is 0 Å². The maximum absolute atomic E-state index is 12.2. The highest BCUT2D eigenvalue weighted by Gasteiger charge is 2.41. The summed E-state index contributed by atoms with van der Waals surface area (Å²) in [5.41, 5.74) is 0. The lowest BCUT2D eigenvalue weighted by molar-refractivity contribution is -0.153. The fourth-order valence-corrected chi connectivity index (χ4v) is 2.81. The van der Waals surface area contributed by atoms with Crippen molar-refractivity contribution in [3.05, 3.63) is 0 Å². The van der Waals surface area contributed by atoms with Gasteiger partial charge in [-0.1, -0.05) is 0 Å². The Labute approximate surface area is 120 Å². The third kappa shape index (κ3) is 3.70. The Morgan fingerprint density at radius 1 is 1.20 bits per heavy atom. The van der Waals surface area contributed by atoms with Crippen LogP contribution in [0.5, 0.6) is 0 Å². The van der Waals surface area contributed by atoms with Crippen molar-refractivity contribution in [2.45, 2.75) is 31.7 Å². The van der Waals surface area contributed by atoms with Crippen LogP contribution < -0.4 is 0 Å². The zero-order valence-corrected chi connectivity index (χ0v) is 12.2. The quantitative estimate of drug-likeness (QED) is 0.600. The van der Waals surface area contributed by atoms with Gasteiger partial charge in [-0.2, -0.15) is 0 Å². The van der Waals surface area contributed by atoms with E-state index < -0.39 is 0 Å². The molecule has 0 aliphatic carbocycles. The normalized spacial score (nSPS) is 22.6. The van der Waals surface area contributed by atoms with Gasteiger partial charge in [-0.25, -0.2) is 0 Å². The minimum atomic E-state index is -0.186. The standard InChI is InChI=1S/C14H24N2O4/c1-19-9-10-20-8-3-2-6-15-11-13(17)16-7-4-5-12(16)14(15)18/h12H,2-11H2,1H3. The summed E-state index contributed by atoms with van der Waals surface area (Å²) in [4.78, 5) is 27.6. The summed E-state index contributed by atoms with van der Waals surface area (Å²) in [6.07, 6.45) is 3.54. The first-order chi connectivity index (χ1) is 9.74. The van der Waals surface area contributed by atoms with Crippen LogP contribution in [0, 0.1) is 0 Å². The average molecular weight is 284 g/mol. The van der Waals surface area contributed by atoms with E-state index in [1.54, 1.807) is 16.9 Å². The molecule has 1 atom stereocenters. The van der Waals surface area contributed by atoms with Crippen molar-refractivity contribution in [3.8, 4) is 0 Å². The van der Waals surface area contributed by atoms with E-state index in [4.69, 9.17) is 9.47 Å². The van der Waals surface area contributed by atoms with E-state index in [-0.39, 0.29) is 24.4 Å². The Hall–Kier alpha value is -1.14. The van der Waals surface area contributed by atoms with E-state index in [1.807, 2.05) is 0 Å². The number of carbonyl (C=O) groups is 2. The van der Waals surface area contributed by atoms with Crippen molar-refractivity contribution in [2.75, 3.05) is 46.6 Å². The lowest BCUT2D eigenvalue weighted by Crippen LogP contribution is -2.57. The molecule has 0 radical (unpaired) electrons. The summed E-state index contributed by atoms with van der Waals surface area (Å²) >= 11 is 0. The highest BCUT2D eigenvalue weighted by Crippen LogP contribution is 2.23. The molecule has 0 bridgehead atoms. The molecule has 0 aromatic carbocycles. The van der Waals surface area contributed by atoms with Crippen LogP contribution in [0.25, 0.3) is 0 Å². The molecule has 114 valence electrons. The molecule has 0 aromatic rings. The van der Waals surface area contributed by atoms with Gasteiger partial charge in [0.05, 0.1) is 19.8 Å². The Bertz CT molecular complexity index is 348. The predicted molar refractivity (Wildman–Crippen MR) is 73.2 cm³/mol. The number of fused-ring (bicyclic) bond motifs is 1. The average Bonchev–Trinajstić information content (AvgIpc) is 2.93. The van der Waals surface area contributed by atoms with Gasteiger partial charge >= 0.3 is 0 Å². The smallest absolute Gasteiger partial charge is 0.245 e. The van der Waals surface area contributed by atoms with Gasteiger partial charge in [0, 0.05) is 26.8 Å². The molecule has 2 heterocycles. The van der Waals surface area contributed by atoms with Crippen LogP contribution in [0.4, 0.5) is 0 Å². The van der Waals surface area contributed by atoms with Gasteiger partial charge in [0.25, 0.3) is 0 Å². The molecule has 0 spiro atoms. The number of amides is 2. The molecule has 20 heavy (non-hydrogen) atoms. The second kappa shape index (κ2) is 7.59. The maximum atomic E-state index is 12.2. The zero-order valence-electron chi connectivity index (χ0n) is 12.2. The van der Waals surface area contributed by atoms with Crippen molar-refractivity contribution in [1.82, 2.24) is 9.80 Å². The fourth-order valence-electron chi connectivity index (χ4n) is 2.81. The number of rotatable bonds is 8. The number of hydrogen-bond donors (Lipinski definition) is 0. The summed E-state index contributed by atoms with van der Waals surface area (Å²) in [6, 6.07) is -0.186. The minimum absolute atomic E-state index is 0.100. The number of piperazine rings is 1. The van der Waals surface area contributed by atoms with Crippen LogP contribution in [0.3, 0.4) is 0 Å².